The van der Waals surface area contributed by atoms with Crippen molar-refractivity contribution in [2.75, 3.05) is 31.2 Å². The lowest BCUT2D eigenvalue weighted by atomic mass is 9.84. The van der Waals surface area contributed by atoms with Crippen molar-refractivity contribution >= 4 is 40.1 Å². The lowest BCUT2D eigenvalue weighted by Crippen LogP contribution is -2.55. The van der Waals surface area contributed by atoms with Crippen LogP contribution in [-0.4, -0.2) is 84.4 Å². The zero-order valence-corrected chi connectivity index (χ0v) is 28.0. The maximum absolute atomic E-state index is 15.4. The second kappa shape index (κ2) is 14.6. The van der Waals surface area contributed by atoms with Crippen molar-refractivity contribution in [2.24, 2.45) is 0 Å². The van der Waals surface area contributed by atoms with Gasteiger partial charge in [0.1, 0.15) is 17.6 Å². The standard InChI is InChI=1S/C33H39ClF3N5O5S/c1-33(36,37)28-15-10-21(17-39-28)29(20-8-11-22(34)12-9-20)30(41(2)32(44)45)31(43)40-27-7-3-6-26(35)25(27)14-13-24-18-38-23-5-4-16-48(46,47)42(24)19-23/h3,6-12,15,17,23-24,29-30,38,46-47H,4-5,13-14,16,18-19H2,1-2H3,(H,40,43)(H,44,45)/t23?,24?,29-,30-/m0/s1. The number of anilines is 1. The number of likely N-dealkylation sites (N-methyl/N-ethyl adjacent to an activating group) is 1. The summed E-state index contributed by atoms with van der Waals surface area (Å²) >= 11 is 6.12. The monoisotopic (exact) mass is 709 g/mol. The minimum Gasteiger partial charge on any atom is -0.465 e. The van der Waals surface area contributed by atoms with Crippen LogP contribution in [0.4, 0.5) is 23.7 Å². The maximum Gasteiger partial charge on any atom is 0.407 e. The van der Waals surface area contributed by atoms with Crippen molar-refractivity contribution in [1.82, 2.24) is 19.5 Å². The number of aromatic nitrogens is 1. The van der Waals surface area contributed by atoms with E-state index >= 15 is 4.39 Å². The van der Waals surface area contributed by atoms with E-state index in [9.17, 15) is 32.6 Å². The van der Waals surface area contributed by atoms with Crippen LogP contribution in [0, 0.1) is 5.82 Å². The van der Waals surface area contributed by atoms with Gasteiger partial charge in [0.25, 0.3) is 5.92 Å². The molecule has 2 aromatic carbocycles. The second-order valence-electron chi connectivity index (χ2n) is 12.4. The van der Waals surface area contributed by atoms with E-state index in [1.165, 1.54) is 37.5 Å². The number of hydrogen-bond donors (Lipinski definition) is 5. The minimum atomic E-state index is -3.23. The molecular formula is C33H39ClF3N5O5S. The van der Waals surface area contributed by atoms with E-state index in [0.29, 0.717) is 43.4 Å². The van der Waals surface area contributed by atoms with Crippen molar-refractivity contribution in [2.45, 2.75) is 62.6 Å². The third kappa shape index (κ3) is 8.07. The predicted molar refractivity (Wildman–Crippen MR) is 179 cm³/mol. The van der Waals surface area contributed by atoms with Gasteiger partial charge in [-0.05, 0) is 67.1 Å². The zero-order valence-electron chi connectivity index (χ0n) is 26.5. The number of fused-ring (bicyclic) bond motifs is 2. The number of carbonyl (C=O) groups is 2. The van der Waals surface area contributed by atoms with Crippen LogP contribution in [0.2, 0.25) is 5.02 Å². The van der Waals surface area contributed by atoms with Gasteiger partial charge >= 0.3 is 6.09 Å². The lowest BCUT2D eigenvalue weighted by Gasteiger charge is -2.49. The number of alkyl halides is 2. The molecule has 2 aliphatic heterocycles. The van der Waals surface area contributed by atoms with Crippen LogP contribution < -0.4 is 10.6 Å². The highest BCUT2D eigenvalue weighted by atomic mass is 35.5. The van der Waals surface area contributed by atoms with Crippen LogP contribution in [0.25, 0.3) is 0 Å². The first-order valence-corrected chi connectivity index (χ1v) is 17.6. The predicted octanol–water partition coefficient (Wildman–Crippen LogP) is 6.77. The first-order valence-electron chi connectivity index (χ1n) is 15.6. The summed E-state index contributed by atoms with van der Waals surface area (Å²) in [6, 6.07) is 11.4. The van der Waals surface area contributed by atoms with Crippen molar-refractivity contribution in [1.29, 1.82) is 0 Å². The van der Waals surface area contributed by atoms with Gasteiger partial charge in [-0.2, -0.15) is 8.78 Å². The molecule has 3 unspecified atom stereocenters. The largest absolute Gasteiger partial charge is 0.465 e. The molecule has 15 heteroatoms. The van der Waals surface area contributed by atoms with Crippen molar-refractivity contribution < 1.29 is 37.0 Å². The number of carboxylic acid groups (broad SMARTS) is 1. The van der Waals surface area contributed by atoms with Crippen LogP contribution >= 0.6 is 22.4 Å². The molecule has 2 bridgehead atoms. The fraction of sp³-hybridized carbons (Fsp3) is 0.424. The molecule has 5 atom stereocenters. The zero-order chi connectivity index (χ0) is 34.8. The number of rotatable bonds is 10. The number of carbonyl (C=O) groups excluding carboxylic acids is 1. The Bertz CT molecular complexity index is 1610. The quantitative estimate of drug-likeness (QED) is 0.156. The minimum absolute atomic E-state index is 0.127. The molecule has 0 spiro atoms. The Morgan fingerprint density at radius 3 is 2.52 bits per heavy atom. The molecule has 10 nitrogen and oxygen atoms in total. The number of pyridine rings is 1. The highest BCUT2D eigenvalue weighted by Gasteiger charge is 2.40. The molecule has 0 radical (unpaired) electrons. The summed E-state index contributed by atoms with van der Waals surface area (Å²) < 4.78 is 66.8. The summed E-state index contributed by atoms with van der Waals surface area (Å²) in [5, 5.41) is 16.6. The summed E-state index contributed by atoms with van der Waals surface area (Å²) in [6.45, 7) is 1.66. The third-order valence-electron chi connectivity index (χ3n) is 9.03. The normalized spacial score (nSPS) is 22.5. The van der Waals surface area contributed by atoms with E-state index in [-0.39, 0.29) is 41.1 Å². The average molecular weight is 710 g/mol. The molecule has 260 valence electrons. The van der Waals surface area contributed by atoms with Crippen molar-refractivity contribution in [3.8, 4) is 0 Å². The number of nitrogens with one attached hydrogen (secondary N) is 2. The Kier molecular flexibility index (Phi) is 10.9. The lowest BCUT2D eigenvalue weighted by molar-refractivity contribution is -0.120. The van der Waals surface area contributed by atoms with Gasteiger partial charge in [-0.15, -0.1) is 10.8 Å². The Balaban J connectivity index is 1.47. The topological polar surface area (TPSA) is 138 Å². The van der Waals surface area contributed by atoms with Gasteiger partial charge in [-0.25, -0.2) is 13.5 Å². The molecule has 2 saturated heterocycles. The van der Waals surface area contributed by atoms with Gasteiger partial charge in [-0.1, -0.05) is 35.9 Å². The maximum atomic E-state index is 15.4. The molecule has 3 heterocycles. The van der Waals surface area contributed by atoms with E-state index in [2.05, 4.69) is 15.6 Å². The fourth-order valence-electron chi connectivity index (χ4n) is 6.47. The van der Waals surface area contributed by atoms with Crippen LogP contribution in [0.3, 0.4) is 0 Å². The molecule has 2 fully saturated rings. The van der Waals surface area contributed by atoms with Gasteiger partial charge < -0.3 is 15.7 Å². The first kappa shape index (κ1) is 35.9. The Morgan fingerprint density at radius 2 is 1.88 bits per heavy atom. The number of halogens is 4. The summed E-state index contributed by atoms with van der Waals surface area (Å²) in [5.74, 6) is -5.36. The number of nitrogens with zero attached hydrogens (tertiary/aromatic N) is 3. The average Bonchev–Trinajstić information content (AvgIpc) is 3.15. The second-order valence-corrected chi connectivity index (χ2v) is 14.9. The number of piperazine rings is 1. The van der Waals surface area contributed by atoms with E-state index in [1.807, 2.05) is 0 Å². The molecular weight excluding hydrogens is 671 g/mol. The van der Waals surface area contributed by atoms with Gasteiger partial charge in [-0.3, -0.25) is 23.8 Å². The van der Waals surface area contributed by atoms with Crippen molar-refractivity contribution in [3.63, 3.8) is 0 Å². The molecule has 48 heavy (non-hydrogen) atoms. The molecule has 3 aromatic rings. The Morgan fingerprint density at radius 1 is 1.17 bits per heavy atom. The molecule has 0 saturated carbocycles. The number of hydrogen-bond acceptors (Lipinski definition) is 7. The summed E-state index contributed by atoms with van der Waals surface area (Å²) in [7, 11) is -1.76. The number of amides is 2. The van der Waals surface area contributed by atoms with E-state index < -0.39 is 52.2 Å². The Hall–Kier alpha value is -3.40. The molecule has 1 aromatic heterocycles. The van der Waals surface area contributed by atoms with Crippen LogP contribution in [0.1, 0.15) is 54.5 Å². The fourth-order valence-corrected chi connectivity index (χ4v) is 8.46. The SMILES string of the molecule is CN(C(=O)O)[C@H](C(=O)Nc1cccc(F)c1CCC1CNC2CCCS(O)(O)N1C2)[C@@H](c1ccc(Cl)cc1)c1ccc(C(C)(F)F)nc1. The van der Waals surface area contributed by atoms with E-state index in [4.69, 9.17) is 11.6 Å². The Labute approximate surface area is 283 Å². The van der Waals surface area contributed by atoms with Gasteiger partial charge in [0.05, 0.1) is 5.75 Å². The van der Waals surface area contributed by atoms with Gasteiger partial charge in [0.15, 0.2) is 0 Å². The summed E-state index contributed by atoms with van der Waals surface area (Å²) in [4.78, 5) is 31.3. The smallest absolute Gasteiger partial charge is 0.407 e. The third-order valence-corrected chi connectivity index (χ3v) is 11.3. The van der Waals surface area contributed by atoms with Crippen LogP contribution in [-0.2, 0) is 17.1 Å². The van der Waals surface area contributed by atoms with Crippen LogP contribution in [0.15, 0.2) is 60.8 Å². The highest BCUT2D eigenvalue weighted by molar-refractivity contribution is 8.22. The van der Waals surface area contributed by atoms with Crippen LogP contribution in [0.5, 0.6) is 0 Å². The van der Waals surface area contributed by atoms with Crippen molar-refractivity contribution in [3.05, 3.63) is 94.0 Å². The summed E-state index contributed by atoms with van der Waals surface area (Å²) in [6.07, 6.45) is 1.76. The molecule has 5 rings (SSSR count). The molecule has 2 aliphatic rings. The number of benzene rings is 2. The molecule has 5 N–H and O–H groups in total. The highest BCUT2D eigenvalue weighted by Crippen LogP contribution is 2.49. The van der Waals surface area contributed by atoms with E-state index in [0.717, 1.165) is 17.4 Å². The van der Waals surface area contributed by atoms with Gasteiger partial charge in [0.2, 0.25) is 5.91 Å². The summed E-state index contributed by atoms with van der Waals surface area (Å²) in [5.41, 5.74) is 0.558. The molecule has 2 amide bonds. The van der Waals surface area contributed by atoms with Gasteiger partial charge in [0, 0.05) is 67.5 Å². The first-order chi connectivity index (χ1) is 22.7. The van der Waals surface area contributed by atoms with E-state index in [1.54, 1.807) is 28.6 Å². The molecule has 0 aliphatic carbocycles.